The van der Waals surface area contributed by atoms with Gasteiger partial charge in [0, 0.05) is 22.5 Å². The smallest absolute Gasteiger partial charge is 0.325 e. The number of halogens is 1. The van der Waals surface area contributed by atoms with Gasteiger partial charge in [-0.25, -0.2) is 4.90 Å². The number of rotatable bonds is 5. The van der Waals surface area contributed by atoms with Crippen LogP contribution in [0.15, 0.2) is 71.2 Å². The van der Waals surface area contributed by atoms with Gasteiger partial charge in [0.1, 0.15) is 17.0 Å². The largest absolute Gasteiger partial charge is 0.508 e. The van der Waals surface area contributed by atoms with E-state index in [9.17, 15) is 29.7 Å². The molecular weight excluding hydrogens is 528 g/mol. The molecule has 2 fully saturated rings. The first-order valence-electron chi connectivity index (χ1n) is 11.3. The third-order valence-corrected chi connectivity index (χ3v) is 7.63. The summed E-state index contributed by atoms with van der Waals surface area (Å²) in [6.07, 6.45) is -0.115. The van der Waals surface area contributed by atoms with Gasteiger partial charge in [-0.1, -0.05) is 46.3 Å². The Balaban J connectivity index is 1.70. The Morgan fingerprint density at radius 2 is 1.72 bits per heavy atom. The van der Waals surface area contributed by atoms with Gasteiger partial charge in [-0.3, -0.25) is 19.7 Å². The lowest BCUT2D eigenvalue weighted by molar-refractivity contribution is -0.148. The van der Waals surface area contributed by atoms with Crippen molar-refractivity contribution < 1.29 is 29.7 Å². The topological polar surface area (TPSA) is 127 Å². The first-order chi connectivity index (χ1) is 17.1. The molecule has 0 spiro atoms. The third kappa shape index (κ3) is 3.66. The molecule has 3 aromatic rings. The van der Waals surface area contributed by atoms with Crippen molar-refractivity contribution in [1.29, 1.82) is 0 Å². The fourth-order valence-electron chi connectivity index (χ4n) is 5.47. The van der Waals surface area contributed by atoms with Crippen molar-refractivity contribution in [3.8, 4) is 11.5 Å². The molecule has 36 heavy (non-hydrogen) atoms. The Hall–Kier alpha value is -3.69. The highest BCUT2D eigenvalue weighted by Crippen LogP contribution is 2.52. The van der Waals surface area contributed by atoms with Gasteiger partial charge in [0.25, 0.3) is 0 Å². The normalized spacial score (nSPS) is 25.3. The minimum Gasteiger partial charge on any atom is -0.508 e. The van der Waals surface area contributed by atoms with Crippen LogP contribution in [0, 0.1) is 18.8 Å². The van der Waals surface area contributed by atoms with E-state index in [0.717, 1.165) is 4.90 Å². The van der Waals surface area contributed by atoms with Crippen molar-refractivity contribution in [1.82, 2.24) is 5.32 Å². The lowest BCUT2D eigenvalue weighted by atomic mass is 9.76. The van der Waals surface area contributed by atoms with Crippen molar-refractivity contribution in [3.05, 3.63) is 87.9 Å². The highest BCUT2D eigenvalue weighted by molar-refractivity contribution is 9.10. The number of carboxylic acid groups (broad SMARTS) is 1. The van der Waals surface area contributed by atoms with Crippen LogP contribution >= 0.6 is 15.9 Å². The molecule has 0 aromatic heterocycles. The maximum absolute atomic E-state index is 13.9. The molecule has 2 heterocycles. The fraction of sp³-hybridized carbons (Fsp3) is 0.222. The van der Waals surface area contributed by atoms with Crippen LogP contribution < -0.4 is 10.2 Å². The minimum absolute atomic E-state index is 0.0233. The van der Waals surface area contributed by atoms with Crippen molar-refractivity contribution in [3.63, 3.8) is 0 Å². The zero-order valence-corrected chi connectivity index (χ0v) is 20.8. The van der Waals surface area contributed by atoms with Gasteiger partial charge in [0.2, 0.25) is 11.8 Å². The number of fused-ring (bicyclic) bond motifs is 1. The highest BCUT2D eigenvalue weighted by atomic mass is 79.9. The Bertz CT molecular complexity index is 1390. The standard InChI is InChI=1S/C27H23BrN2O6/c1-14-4-2-3-5-19(14)30-24(33)21-22(25(30)34)27(26(35)36,13-15-6-9-17(31)10-7-15)29-23(21)18-12-16(28)8-11-20(18)32/h2-12,21-23,29,31-32H,13H2,1H3,(H,35,36). The number of nitrogens with zero attached hydrogens (tertiary/aromatic N) is 1. The second-order valence-electron chi connectivity index (χ2n) is 9.25. The second kappa shape index (κ2) is 8.76. The van der Waals surface area contributed by atoms with E-state index in [1.165, 1.54) is 18.2 Å². The van der Waals surface area contributed by atoms with Crippen LogP contribution in [0.2, 0.25) is 0 Å². The molecule has 4 atom stereocenters. The number of hydrogen-bond acceptors (Lipinski definition) is 6. The fourth-order valence-corrected chi connectivity index (χ4v) is 5.85. The average Bonchev–Trinajstić information content (AvgIpc) is 3.32. The van der Waals surface area contributed by atoms with Crippen molar-refractivity contribution >= 4 is 39.4 Å². The van der Waals surface area contributed by atoms with Crippen molar-refractivity contribution in [2.45, 2.75) is 24.9 Å². The van der Waals surface area contributed by atoms with Crippen molar-refractivity contribution in [2.75, 3.05) is 4.90 Å². The van der Waals surface area contributed by atoms with Gasteiger partial charge >= 0.3 is 5.97 Å². The van der Waals surface area contributed by atoms with E-state index in [2.05, 4.69) is 21.2 Å². The number of carbonyl (C=O) groups is 3. The van der Waals surface area contributed by atoms with E-state index in [1.807, 2.05) is 0 Å². The summed E-state index contributed by atoms with van der Waals surface area (Å²) >= 11 is 3.38. The quantitative estimate of drug-likeness (QED) is 0.357. The summed E-state index contributed by atoms with van der Waals surface area (Å²) in [5.74, 6) is -4.81. The van der Waals surface area contributed by atoms with E-state index in [1.54, 1.807) is 55.5 Å². The third-order valence-electron chi connectivity index (χ3n) is 7.14. The highest BCUT2D eigenvalue weighted by Gasteiger charge is 2.69. The summed E-state index contributed by atoms with van der Waals surface area (Å²) in [6, 6.07) is 16.8. The van der Waals surface area contributed by atoms with Gasteiger partial charge < -0.3 is 15.3 Å². The molecular formula is C27H23BrN2O6. The van der Waals surface area contributed by atoms with E-state index in [0.29, 0.717) is 26.9 Å². The van der Waals surface area contributed by atoms with Gasteiger partial charge in [-0.15, -0.1) is 0 Å². The predicted octanol–water partition coefficient (Wildman–Crippen LogP) is 3.68. The zero-order chi connectivity index (χ0) is 25.8. The van der Waals surface area contributed by atoms with Gasteiger partial charge in [-0.2, -0.15) is 0 Å². The summed E-state index contributed by atoms with van der Waals surface area (Å²) in [5.41, 5.74) is 0.151. The molecule has 4 unspecified atom stereocenters. The Morgan fingerprint density at radius 1 is 1.03 bits per heavy atom. The Kier molecular flexibility index (Phi) is 5.84. The number of anilines is 1. The summed E-state index contributed by atoms with van der Waals surface area (Å²) in [4.78, 5) is 41.9. The molecule has 0 bridgehead atoms. The van der Waals surface area contributed by atoms with E-state index >= 15 is 0 Å². The number of carbonyl (C=O) groups excluding carboxylic acids is 2. The van der Waals surface area contributed by atoms with Crippen LogP contribution in [0.3, 0.4) is 0 Å². The van der Waals surface area contributed by atoms with Crippen LogP contribution in [-0.2, 0) is 20.8 Å². The molecule has 3 aromatic carbocycles. The van der Waals surface area contributed by atoms with Crippen LogP contribution in [0.25, 0.3) is 0 Å². The number of para-hydroxylation sites is 1. The zero-order valence-electron chi connectivity index (χ0n) is 19.2. The van der Waals surface area contributed by atoms with Gasteiger partial charge in [-0.05, 0) is 54.4 Å². The molecule has 2 aliphatic heterocycles. The molecule has 2 aliphatic rings. The molecule has 0 saturated carbocycles. The molecule has 2 amide bonds. The van der Waals surface area contributed by atoms with Gasteiger partial charge in [0.15, 0.2) is 0 Å². The van der Waals surface area contributed by atoms with Crippen LogP contribution in [0.5, 0.6) is 11.5 Å². The minimum atomic E-state index is -1.84. The summed E-state index contributed by atoms with van der Waals surface area (Å²) in [5, 5.41) is 34.0. The number of phenols is 2. The van der Waals surface area contributed by atoms with Crippen LogP contribution in [0.1, 0.15) is 22.7 Å². The number of amides is 2. The van der Waals surface area contributed by atoms with E-state index < -0.39 is 41.2 Å². The van der Waals surface area contributed by atoms with Crippen LogP contribution in [0.4, 0.5) is 5.69 Å². The number of nitrogens with one attached hydrogen (secondary N) is 1. The number of hydrogen-bond donors (Lipinski definition) is 4. The molecule has 8 nitrogen and oxygen atoms in total. The lowest BCUT2D eigenvalue weighted by Gasteiger charge is -2.31. The number of imide groups is 1. The molecule has 5 rings (SSSR count). The molecule has 2 saturated heterocycles. The van der Waals surface area contributed by atoms with Crippen LogP contribution in [-0.4, -0.2) is 38.6 Å². The lowest BCUT2D eigenvalue weighted by Crippen LogP contribution is -2.57. The number of aliphatic carboxylic acids is 1. The molecule has 0 aliphatic carbocycles. The Morgan fingerprint density at radius 3 is 2.39 bits per heavy atom. The molecule has 4 N–H and O–H groups in total. The molecule has 0 radical (unpaired) electrons. The average molecular weight is 551 g/mol. The molecule has 9 heteroatoms. The monoisotopic (exact) mass is 550 g/mol. The van der Waals surface area contributed by atoms with Crippen molar-refractivity contribution in [2.24, 2.45) is 11.8 Å². The molecule has 184 valence electrons. The number of aromatic hydroxyl groups is 2. The summed E-state index contributed by atoms with van der Waals surface area (Å²) < 4.78 is 0.632. The SMILES string of the molecule is Cc1ccccc1N1C(=O)C2C(c3cc(Br)ccc3O)NC(Cc3ccc(O)cc3)(C(=O)O)C2C1=O. The first-order valence-corrected chi connectivity index (χ1v) is 12.1. The maximum atomic E-state index is 13.9. The first kappa shape index (κ1) is 24.0. The van der Waals surface area contributed by atoms with Gasteiger partial charge in [0.05, 0.1) is 17.5 Å². The number of benzene rings is 3. The number of phenolic OH excluding ortho intramolecular Hbond substituents is 2. The predicted molar refractivity (Wildman–Crippen MR) is 135 cm³/mol. The number of aryl methyl sites for hydroxylation is 1. The summed E-state index contributed by atoms with van der Waals surface area (Å²) in [6.45, 7) is 1.78. The second-order valence-corrected chi connectivity index (χ2v) is 10.2. The summed E-state index contributed by atoms with van der Waals surface area (Å²) in [7, 11) is 0. The Labute approximate surface area is 215 Å². The van der Waals surface area contributed by atoms with E-state index in [4.69, 9.17) is 0 Å². The number of carboxylic acids is 1. The van der Waals surface area contributed by atoms with E-state index in [-0.39, 0.29) is 17.9 Å². The maximum Gasteiger partial charge on any atom is 0.325 e.